The smallest absolute Gasteiger partial charge is 0.223 e. The van der Waals surface area contributed by atoms with Crippen LogP contribution in [0.4, 0.5) is 0 Å². The average molecular weight is 393 g/mol. The number of nitrogens with zero attached hydrogens (tertiary/aromatic N) is 4. The fourth-order valence-electron chi connectivity index (χ4n) is 4.15. The molecule has 0 radical (unpaired) electrons. The Morgan fingerprint density at radius 1 is 1.21 bits per heavy atom. The van der Waals surface area contributed by atoms with Crippen LogP contribution in [0.3, 0.4) is 0 Å². The largest absolute Gasteiger partial charge is 0.356 e. The fraction of sp³-hybridized carbons (Fsp3) is 0.435. The molecule has 0 aliphatic carbocycles. The Hall–Kier alpha value is -2.89. The van der Waals surface area contributed by atoms with Crippen molar-refractivity contribution in [2.24, 2.45) is 7.05 Å². The Kier molecular flexibility index (Phi) is 5.51. The van der Waals surface area contributed by atoms with Crippen LogP contribution in [0.25, 0.3) is 11.3 Å². The Balaban J connectivity index is 1.59. The molecule has 1 aliphatic rings. The summed E-state index contributed by atoms with van der Waals surface area (Å²) in [5, 5.41) is 8.86. The molecule has 2 aromatic heterocycles. The third-order valence-corrected chi connectivity index (χ3v) is 5.87. The minimum atomic E-state index is -0.0203. The van der Waals surface area contributed by atoms with Gasteiger partial charge in [-0.05, 0) is 45.1 Å². The number of benzene rings is 1. The van der Waals surface area contributed by atoms with Gasteiger partial charge in [0.05, 0.1) is 23.0 Å². The Morgan fingerprint density at radius 3 is 2.72 bits per heavy atom. The first-order chi connectivity index (χ1) is 14.0. The Morgan fingerprint density at radius 2 is 2.00 bits per heavy atom. The van der Waals surface area contributed by atoms with Crippen molar-refractivity contribution in [3.8, 4) is 11.3 Å². The van der Waals surface area contributed by atoms with Crippen LogP contribution in [-0.4, -0.2) is 32.3 Å². The summed E-state index contributed by atoms with van der Waals surface area (Å²) in [5.74, 6) is 0.952. The second-order valence-electron chi connectivity index (χ2n) is 7.91. The summed E-state index contributed by atoms with van der Waals surface area (Å²) in [6, 6.07) is 10.2. The second-order valence-corrected chi connectivity index (χ2v) is 7.91. The molecule has 0 saturated carbocycles. The maximum absolute atomic E-state index is 13.1. The number of carbonyl (C=O) groups excluding carboxylic acids is 1. The Labute approximate surface area is 171 Å². The zero-order valence-electron chi connectivity index (χ0n) is 17.4. The van der Waals surface area contributed by atoms with Gasteiger partial charge in [0.2, 0.25) is 5.91 Å². The standard InChI is InChI=1S/C23H28N4O2/c1-16-17(2)25-29-23(16)19-15-26(3)24-22(19)20-11-7-8-14-27(20)21(28)13-12-18-9-5-4-6-10-18/h4-6,9-10,15,20H,7-8,11-14H2,1-3H3/t20-/m1/s1. The van der Waals surface area contributed by atoms with Gasteiger partial charge in [-0.1, -0.05) is 35.5 Å². The predicted octanol–water partition coefficient (Wildman–Crippen LogP) is 4.38. The number of hydrogen-bond donors (Lipinski definition) is 0. The molecular formula is C23H28N4O2. The number of aromatic nitrogens is 3. The van der Waals surface area contributed by atoms with E-state index in [0.717, 1.165) is 60.5 Å². The maximum atomic E-state index is 13.1. The normalized spacial score (nSPS) is 16.9. The van der Waals surface area contributed by atoms with Gasteiger partial charge in [-0.25, -0.2) is 0 Å². The molecule has 3 heterocycles. The van der Waals surface area contributed by atoms with Crippen molar-refractivity contribution < 1.29 is 9.32 Å². The van der Waals surface area contributed by atoms with Gasteiger partial charge in [-0.15, -0.1) is 0 Å². The molecule has 4 rings (SSSR count). The predicted molar refractivity (Wildman–Crippen MR) is 111 cm³/mol. The number of aryl methyl sites for hydroxylation is 3. The number of amides is 1. The van der Waals surface area contributed by atoms with E-state index >= 15 is 0 Å². The molecule has 29 heavy (non-hydrogen) atoms. The summed E-state index contributed by atoms with van der Waals surface area (Å²) in [7, 11) is 1.91. The number of hydrogen-bond acceptors (Lipinski definition) is 4. The van der Waals surface area contributed by atoms with Gasteiger partial charge in [-0.2, -0.15) is 5.10 Å². The number of rotatable bonds is 5. The molecule has 6 heteroatoms. The summed E-state index contributed by atoms with van der Waals surface area (Å²) in [4.78, 5) is 15.2. The van der Waals surface area contributed by atoms with Crippen molar-refractivity contribution in [2.45, 2.75) is 52.0 Å². The molecule has 0 bridgehead atoms. The van der Waals surface area contributed by atoms with Crippen LogP contribution in [0.5, 0.6) is 0 Å². The van der Waals surface area contributed by atoms with Crippen LogP contribution >= 0.6 is 0 Å². The van der Waals surface area contributed by atoms with E-state index in [4.69, 9.17) is 9.62 Å². The highest BCUT2D eigenvalue weighted by Gasteiger charge is 2.33. The lowest BCUT2D eigenvalue weighted by molar-refractivity contribution is -0.135. The van der Waals surface area contributed by atoms with Crippen LogP contribution in [0.2, 0.25) is 0 Å². The van der Waals surface area contributed by atoms with Crippen LogP contribution < -0.4 is 0 Å². The van der Waals surface area contributed by atoms with Crippen molar-refractivity contribution in [1.82, 2.24) is 19.8 Å². The topological polar surface area (TPSA) is 64.2 Å². The summed E-state index contributed by atoms with van der Waals surface area (Å²) in [6.07, 6.45) is 6.31. The number of likely N-dealkylation sites (tertiary alicyclic amines) is 1. The van der Waals surface area contributed by atoms with E-state index < -0.39 is 0 Å². The lowest BCUT2D eigenvalue weighted by Crippen LogP contribution is -2.39. The summed E-state index contributed by atoms with van der Waals surface area (Å²) >= 11 is 0. The average Bonchev–Trinajstić information content (AvgIpc) is 3.29. The monoisotopic (exact) mass is 392 g/mol. The summed E-state index contributed by atoms with van der Waals surface area (Å²) in [6.45, 7) is 4.74. The van der Waals surface area contributed by atoms with E-state index in [9.17, 15) is 4.79 Å². The van der Waals surface area contributed by atoms with Gasteiger partial charge in [0.1, 0.15) is 0 Å². The maximum Gasteiger partial charge on any atom is 0.223 e. The molecular weight excluding hydrogens is 364 g/mol. The lowest BCUT2D eigenvalue weighted by atomic mass is 9.95. The van der Waals surface area contributed by atoms with E-state index in [1.807, 2.05) is 54.9 Å². The minimum absolute atomic E-state index is 0.0203. The van der Waals surface area contributed by atoms with Crippen molar-refractivity contribution in [1.29, 1.82) is 0 Å². The highest BCUT2D eigenvalue weighted by atomic mass is 16.5. The van der Waals surface area contributed by atoms with Gasteiger partial charge in [0.15, 0.2) is 5.76 Å². The molecule has 0 unspecified atom stereocenters. The minimum Gasteiger partial charge on any atom is -0.356 e. The molecule has 0 spiro atoms. The molecule has 1 fully saturated rings. The SMILES string of the molecule is Cc1noc(-c2cn(C)nc2[C@H]2CCCCN2C(=O)CCc2ccccc2)c1C. The number of piperidine rings is 1. The molecule has 0 N–H and O–H groups in total. The first-order valence-electron chi connectivity index (χ1n) is 10.3. The molecule has 152 valence electrons. The third-order valence-electron chi connectivity index (χ3n) is 5.87. The zero-order valence-corrected chi connectivity index (χ0v) is 17.4. The van der Waals surface area contributed by atoms with E-state index in [2.05, 4.69) is 17.3 Å². The van der Waals surface area contributed by atoms with Crippen LogP contribution in [0, 0.1) is 13.8 Å². The first kappa shape index (κ1) is 19.4. The van der Waals surface area contributed by atoms with Crippen molar-refractivity contribution in [3.63, 3.8) is 0 Å². The molecule has 1 saturated heterocycles. The van der Waals surface area contributed by atoms with E-state index in [0.29, 0.717) is 6.42 Å². The van der Waals surface area contributed by atoms with Gasteiger partial charge in [-0.3, -0.25) is 9.48 Å². The van der Waals surface area contributed by atoms with Gasteiger partial charge < -0.3 is 9.42 Å². The zero-order chi connectivity index (χ0) is 20.4. The number of carbonyl (C=O) groups is 1. The fourth-order valence-corrected chi connectivity index (χ4v) is 4.15. The lowest BCUT2D eigenvalue weighted by Gasteiger charge is -2.35. The highest BCUT2D eigenvalue weighted by Crippen LogP contribution is 2.38. The van der Waals surface area contributed by atoms with Crippen LogP contribution in [0.15, 0.2) is 41.1 Å². The van der Waals surface area contributed by atoms with Crippen LogP contribution in [0.1, 0.15) is 54.2 Å². The quantitative estimate of drug-likeness (QED) is 0.646. The van der Waals surface area contributed by atoms with Crippen molar-refractivity contribution >= 4 is 5.91 Å². The van der Waals surface area contributed by atoms with Gasteiger partial charge >= 0.3 is 0 Å². The van der Waals surface area contributed by atoms with Gasteiger partial charge in [0.25, 0.3) is 0 Å². The molecule has 1 aliphatic heterocycles. The molecule has 3 aromatic rings. The van der Waals surface area contributed by atoms with Crippen LogP contribution in [-0.2, 0) is 18.3 Å². The van der Waals surface area contributed by atoms with Gasteiger partial charge in [0, 0.05) is 31.8 Å². The second kappa shape index (κ2) is 8.23. The van der Waals surface area contributed by atoms with E-state index in [-0.39, 0.29) is 11.9 Å². The summed E-state index contributed by atoms with van der Waals surface area (Å²) < 4.78 is 7.43. The molecule has 1 atom stereocenters. The molecule has 1 aromatic carbocycles. The van der Waals surface area contributed by atoms with Crippen molar-refractivity contribution in [3.05, 3.63) is 59.0 Å². The van der Waals surface area contributed by atoms with Crippen molar-refractivity contribution in [2.75, 3.05) is 6.54 Å². The Bertz CT molecular complexity index is 990. The molecule has 6 nitrogen and oxygen atoms in total. The first-order valence-corrected chi connectivity index (χ1v) is 10.3. The third kappa shape index (κ3) is 3.97. The highest BCUT2D eigenvalue weighted by molar-refractivity contribution is 5.77. The van der Waals surface area contributed by atoms with E-state index in [1.165, 1.54) is 5.56 Å². The summed E-state index contributed by atoms with van der Waals surface area (Å²) in [5.41, 5.74) is 4.96. The van der Waals surface area contributed by atoms with E-state index in [1.54, 1.807) is 0 Å². The molecule has 1 amide bonds.